The Kier molecular flexibility index (Phi) is 6.03. The van der Waals surface area contributed by atoms with Gasteiger partial charge in [-0.2, -0.15) is 0 Å². The van der Waals surface area contributed by atoms with Gasteiger partial charge in [-0.05, 0) is 55.3 Å². The molecule has 0 atom stereocenters. The number of amides is 1. The topological polar surface area (TPSA) is 41.6 Å². The molecule has 2 rings (SSSR count). The van der Waals surface area contributed by atoms with Gasteiger partial charge in [0, 0.05) is 31.9 Å². The largest absolute Gasteiger partial charge is 0.494 e. The minimum Gasteiger partial charge on any atom is -0.494 e. The van der Waals surface area contributed by atoms with E-state index >= 15 is 0 Å². The van der Waals surface area contributed by atoms with Gasteiger partial charge in [0.1, 0.15) is 5.75 Å². The second-order valence-electron chi connectivity index (χ2n) is 5.52. The maximum atomic E-state index is 12.1. The Hall–Kier alpha value is -2.49. The average Bonchev–Trinajstić information content (AvgIpc) is 2.56. The third-order valence-electron chi connectivity index (χ3n) is 3.58. The number of anilines is 1. The van der Waals surface area contributed by atoms with E-state index < -0.39 is 0 Å². The van der Waals surface area contributed by atoms with Crippen molar-refractivity contribution in [1.82, 2.24) is 5.32 Å². The summed E-state index contributed by atoms with van der Waals surface area (Å²) in [7, 11) is 4.04. The normalized spacial score (nSPS) is 10.2. The Morgan fingerprint density at radius 1 is 1.04 bits per heavy atom. The number of rotatable bonds is 7. The van der Waals surface area contributed by atoms with Gasteiger partial charge in [-0.1, -0.05) is 12.1 Å². The van der Waals surface area contributed by atoms with Crippen LogP contribution in [0.2, 0.25) is 0 Å². The Morgan fingerprint density at radius 3 is 2.26 bits per heavy atom. The minimum atomic E-state index is -0.0574. The van der Waals surface area contributed by atoms with E-state index in [4.69, 9.17) is 4.74 Å². The number of nitrogens with one attached hydrogen (secondary N) is 1. The number of benzene rings is 2. The fourth-order valence-corrected chi connectivity index (χ4v) is 2.25. The molecule has 0 aromatic heterocycles. The lowest BCUT2D eigenvalue weighted by atomic mass is 10.1. The molecule has 0 aliphatic carbocycles. The van der Waals surface area contributed by atoms with Crippen molar-refractivity contribution < 1.29 is 9.53 Å². The van der Waals surface area contributed by atoms with Gasteiger partial charge in [0.25, 0.3) is 5.91 Å². The van der Waals surface area contributed by atoms with Crippen molar-refractivity contribution in [2.24, 2.45) is 0 Å². The summed E-state index contributed by atoms with van der Waals surface area (Å²) in [6.07, 6.45) is 0.816. The molecule has 0 aliphatic rings. The molecule has 1 amide bonds. The fraction of sp³-hybridized carbons (Fsp3) is 0.316. The zero-order valence-corrected chi connectivity index (χ0v) is 14.0. The maximum Gasteiger partial charge on any atom is 0.251 e. The summed E-state index contributed by atoms with van der Waals surface area (Å²) >= 11 is 0. The number of carbonyl (C=O) groups is 1. The standard InChI is InChI=1S/C19H24N2O2/c1-4-23-18-11-7-16(8-12-18)19(22)20-14-13-15-5-9-17(10-6-15)21(2)3/h5-12H,4,13-14H2,1-3H3,(H,20,22). The Morgan fingerprint density at radius 2 is 1.70 bits per heavy atom. The third kappa shape index (κ3) is 5.02. The van der Waals surface area contributed by atoms with Crippen LogP contribution in [-0.4, -0.2) is 33.2 Å². The van der Waals surface area contributed by atoms with E-state index in [-0.39, 0.29) is 5.91 Å². The van der Waals surface area contributed by atoms with Crippen molar-refractivity contribution in [3.63, 3.8) is 0 Å². The lowest BCUT2D eigenvalue weighted by Crippen LogP contribution is -2.25. The molecule has 122 valence electrons. The van der Waals surface area contributed by atoms with E-state index in [2.05, 4.69) is 34.5 Å². The highest BCUT2D eigenvalue weighted by Gasteiger charge is 2.05. The molecular formula is C19H24N2O2. The number of hydrogen-bond acceptors (Lipinski definition) is 3. The number of hydrogen-bond donors (Lipinski definition) is 1. The highest BCUT2D eigenvalue weighted by Crippen LogP contribution is 2.13. The Balaban J connectivity index is 1.82. The van der Waals surface area contributed by atoms with Crippen LogP contribution in [0.1, 0.15) is 22.8 Å². The van der Waals surface area contributed by atoms with Crippen LogP contribution in [0.15, 0.2) is 48.5 Å². The molecule has 0 unspecified atom stereocenters. The van der Waals surface area contributed by atoms with Gasteiger partial charge in [0.05, 0.1) is 6.61 Å². The number of ether oxygens (including phenoxy) is 1. The van der Waals surface area contributed by atoms with Crippen LogP contribution < -0.4 is 15.0 Å². The molecule has 0 aliphatic heterocycles. The van der Waals surface area contributed by atoms with Gasteiger partial charge >= 0.3 is 0 Å². The predicted octanol–water partition coefficient (Wildman–Crippen LogP) is 3.12. The maximum absolute atomic E-state index is 12.1. The highest BCUT2D eigenvalue weighted by molar-refractivity contribution is 5.94. The van der Waals surface area contributed by atoms with Crippen LogP contribution in [-0.2, 0) is 6.42 Å². The Labute approximate surface area is 138 Å². The summed E-state index contributed by atoms with van der Waals surface area (Å²) in [6.45, 7) is 3.18. The zero-order chi connectivity index (χ0) is 16.7. The molecule has 0 radical (unpaired) electrons. The van der Waals surface area contributed by atoms with Crippen molar-refractivity contribution >= 4 is 11.6 Å². The lowest BCUT2D eigenvalue weighted by molar-refractivity contribution is 0.0954. The van der Waals surface area contributed by atoms with E-state index in [1.807, 2.05) is 33.2 Å². The molecule has 23 heavy (non-hydrogen) atoms. The number of carbonyl (C=O) groups excluding carboxylic acids is 1. The molecule has 0 bridgehead atoms. The molecule has 4 heteroatoms. The van der Waals surface area contributed by atoms with E-state index in [1.165, 1.54) is 11.3 Å². The molecule has 0 heterocycles. The predicted molar refractivity (Wildman–Crippen MR) is 94.4 cm³/mol. The molecule has 0 fully saturated rings. The average molecular weight is 312 g/mol. The summed E-state index contributed by atoms with van der Waals surface area (Å²) < 4.78 is 5.37. The van der Waals surface area contributed by atoms with Crippen LogP contribution in [0, 0.1) is 0 Å². The smallest absolute Gasteiger partial charge is 0.251 e. The molecular weight excluding hydrogens is 288 g/mol. The SMILES string of the molecule is CCOc1ccc(C(=O)NCCc2ccc(N(C)C)cc2)cc1. The van der Waals surface area contributed by atoms with E-state index in [0.29, 0.717) is 18.7 Å². The van der Waals surface area contributed by atoms with Crippen LogP contribution in [0.5, 0.6) is 5.75 Å². The molecule has 0 spiro atoms. The fourth-order valence-electron chi connectivity index (χ4n) is 2.25. The first kappa shape index (κ1) is 16.9. The van der Waals surface area contributed by atoms with Crippen LogP contribution >= 0.6 is 0 Å². The highest BCUT2D eigenvalue weighted by atomic mass is 16.5. The van der Waals surface area contributed by atoms with Crippen molar-refractivity contribution in [2.45, 2.75) is 13.3 Å². The second kappa shape index (κ2) is 8.22. The van der Waals surface area contributed by atoms with Gasteiger partial charge in [-0.25, -0.2) is 0 Å². The van der Waals surface area contributed by atoms with Crippen molar-refractivity contribution in [1.29, 1.82) is 0 Å². The summed E-state index contributed by atoms with van der Waals surface area (Å²) in [4.78, 5) is 14.2. The van der Waals surface area contributed by atoms with Gasteiger partial charge in [-0.3, -0.25) is 4.79 Å². The minimum absolute atomic E-state index is 0.0574. The van der Waals surface area contributed by atoms with Gasteiger partial charge < -0.3 is 15.0 Å². The van der Waals surface area contributed by atoms with E-state index in [9.17, 15) is 4.79 Å². The number of nitrogens with zero attached hydrogens (tertiary/aromatic N) is 1. The molecule has 1 N–H and O–H groups in total. The quantitative estimate of drug-likeness (QED) is 0.854. The summed E-state index contributed by atoms with van der Waals surface area (Å²) in [5.41, 5.74) is 3.03. The van der Waals surface area contributed by atoms with Crippen molar-refractivity contribution in [3.05, 3.63) is 59.7 Å². The monoisotopic (exact) mass is 312 g/mol. The third-order valence-corrected chi connectivity index (χ3v) is 3.58. The van der Waals surface area contributed by atoms with Gasteiger partial charge in [-0.15, -0.1) is 0 Å². The van der Waals surface area contributed by atoms with Crippen LogP contribution in [0.3, 0.4) is 0 Å². The van der Waals surface area contributed by atoms with Crippen molar-refractivity contribution in [3.8, 4) is 5.75 Å². The van der Waals surface area contributed by atoms with E-state index in [1.54, 1.807) is 12.1 Å². The molecule has 2 aromatic rings. The molecule has 0 saturated heterocycles. The first-order chi connectivity index (χ1) is 11.1. The second-order valence-corrected chi connectivity index (χ2v) is 5.52. The lowest BCUT2D eigenvalue weighted by Gasteiger charge is -2.12. The van der Waals surface area contributed by atoms with E-state index in [0.717, 1.165) is 12.2 Å². The van der Waals surface area contributed by atoms with Crippen LogP contribution in [0.25, 0.3) is 0 Å². The summed E-state index contributed by atoms with van der Waals surface area (Å²) in [5.74, 6) is 0.725. The van der Waals surface area contributed by atoms with Crippen LogP contribution in [0.4, 0.5) is 5.69 Å². The summed E-state index contributed by atoms with van der Waals surface area (Å²) in [6, 6.07) is 15.6. The summed E-state index contributed by atoms with van der Waals surface area (Å²) in [5, 5.41) is 2.95. The molecule has 4 nitrogen and oxygen atoms in total. The van der Waals surface area contributed by atoms with Gasteiger partial charge in [0.15, 0.2) is 0 Å². The van der Waals surface area contributed by atoms with Gasteiger partial charge in [0.2, 0.25) is 0 Å². The Bertz CT molecular complexity index is 619. The molecule has 2 aromatic carbocycles. The first-order valence-corrected chi connectivity index (χ1v) is 7.87. The molecule has 0 saturated carbocycles. The van der Waals surface area contributed by atoms with Crippen molar-refractivity contribution in [2.75, 3.05) is 32.1 Å². The first-order valence-electron chi connectivity index (χ1n) is 7.87. The zero-order valence-electron chi connectivity index (χ0n) is 14.0.